The highest BCUT2D eigenvalue weighted by Crippen LogP contribution is 2.31. The molecule has 35 heavy (non-hydrogen) atoms. The van der Waals surface area contributed by atoms with Crippen molar-refractivity contribution in [3.05, 3.63) is 59.7 Å². The van der Waals surface area contributed by atoms with E-state index in [4.69, 9.17) is 0 Å². The van der Waals surface area contributed by atoms with E-state index in [1.165, 1.54) is 12.1 Å². The minimum absolute atomic E-state index is 0.0437. The number of alkyl halides is 3. The topological polar surface area (TPSA) is 82.2 Å². The van der Waals surface area contributed by atoms with Gasteiger partial charge in [0.1, 0.15) is 5.82 Å². The molecule has 2 saturated heterocycles. The fraction of sp³-hybridized carbons (Fsp3) is 0.440. The van der Waals surface area contributed by atoms with Gasteiger partial charge >= 0.3 is 6.18 Å². The Kier molecular flexibility index (Phi) is 6.21. The molecule has 0 spiro atoms. The number of piperidine rings is 2. The molecule has 1 aromatic carbocycles. The normalized spacial score (nSPS) is 19.8. The second kappa shape index (κ2) is 9.31. The van der Waals surface area contributed by atoms with E-state index >= 15 is 0 Å². The molecule has 7 nitrogen and oxygen atoms in total. The average molecular weight is 486 g/mol. The number of nitrogens with zero attached hydrogens (tertiary/aromatic N) is 4. The first-order chi connectivity index (χ1) is 16.8. The Morgan fingerprint density at radius 3 is 2.40 bits per heavy atom. The molecule has 2 aliphatic rings. The molecule has 0 bridgehead atoms. The van der Waals surface area contributed by atoms with Crippen molar-refractivity contribution >= 4 is 22.8 Å². The van der Waals surface area contributed by atoms with Gasteiger partial charge in [0.15, 0.2) is 0 Å². The summed E-state index contributed by atoms with van der Waals surface area (Å²) < 4.78 is 38.4. The summed E-state index contributed by atoms with van der Waals surface area (Å²) in [5, 5.41) is 0. The van der Waals surface area contributed by atoms with E-state index in [9.17, 15) is 22.8 Å². The first-order valence-corrected chi connectivity index (χ1v) is 11.8. The van der Waals surface area contributed by atoms with Crippen LogP contribution in [0.15, 0.2) is 42.7 Å². The van der Waals surface area contributed by atoms with Gasteiger partial charge in [-0.2, -0.15) is 13.2 Å². The predicted octanol–water partition coefficient (Wildman–Crippen LogP) is 4.24. The van der Waals surface area contributed by atoms with Crippen LogP contribution < -0.4 is 0 Å². The van der Waals surface area contributed by atoms with E-state index in [1.54, 1.807) is 17.3 Å². The quantitative estimate of drug-likeness (QED) is 0.602. The van der Waals surface area contributed by atoms with Crippen LogP contribution in [-0.2, 0) is 11.0 Å². The smallest absolute Gasteiger partial charge is 0.342 e. The van der Waals surface area contributed by atoms with Crippen molar-refractivity contribution in [1.82, 2.24) is 24.8 Å². The number of H-pyrrole nitrogens is 1. The van der Waals surface area contributed by atoms with Gasteiger partial charge in [0, 0.05) is 43.9 Å². The first kappa shape index (κ1) is 23.3. The van der Waals surface area contributed by atoms with Crippen LogP contribution in [0.2, 0.25) is 0 Å². The zero-order valence-corrected chi connectivity index (χ0v) is 19.1. The maximum atomic E-state index is 13.2. The van der Waals surface area contributed by atoms with Crippen LogP contribution in [-0.4, -0.2) is 62.7 Å². The number of likely N-dealkylation sites (tertiary alicyclic amines) is 2. The highest BCUT2D eigenvalue weighted by Gasteiger charge is 2.34. The van der Waals surface area contributed by atoms with Gasteiger partial charge in [-0.05, 0) is 56.0 Å². The predicted molar refractivity (Wildman–Crippen MR) is 123 cm³/mol. The average Bonchev–Trinajstić information content (AvgIpc) is 3.32. The zero-order chi connectivity index (χ0) is 24.6. The summed E-state index contributed by atoms with van der Waals surface area (Å²) in [6, 6.07) is 6.12. The maximum Gasteiger partial charge on any atom is 0.416 e. The summed E-state index contributed by atoms with van der Waals surface area (Å²) in [4.78, 5) is 41.7. The standard InChI is InChI=1S/C25H26F3N5O2/c26-25(27,28)19-5-3-17(4-6-19)23(34)33-11-1-2-18(15-33)24(35)32-12-8-16(9-13-32)22-30-20-7-10-29-14-21(20)31-22/h3-7,10,14,16,18H,1-2,8-9,11-13,15H2,(H,30,31). The van der Waals surface area contributed by atoms with Gasteiger partial charge in [0.05, 0.1) is 28.7 Å². The molecule has 0 radical (unpaired) electrons. The summed E-state index contributed by atoms with van der Waals surface area (Å²) in [7, 11) is 0. The Hall–Kier alpha value is -3.43. The lowest BCUT2D eigenvalue weighted by atomic mass is 9.92. The van der Waals surface area contributed by atoms with Crippen molar-refractivity contribution in [3.8, 4) is 0 Å². The van der Waals surface area contributed by atoms with E-state index in [0.717, 1.165) is 41.8 Å². The highest BCUT2D eigenvalue weighted by molar-refractivity contribution is 5.94. The number of imidazole rings is 1. The minimum atomic E-state index is -4.45. The summed E-state index contributed by atoms with van der Waals surface area (Å²) in [6.07, 6.45) is 2.02. The van der Waals surface area contributed by atoms with E-state index in [2.05, 4.69) is 15.0 Å². The Balaban J connectivity index is 1.18. The number of hydrogen-bond donors (Lipinski definition) is 1. The molecule has 3 aromatic rings. The molecular formula is C25H26F3N5O2. The molecule has 2 aliphatic heterocycles. The minimum Gasteiger partial charge on any atom is -0.342 e. The number of benzene rings is 1. The molecule has 10 heteroatoms. The number of rotatable bonds is 3. The molecule has 184 valence electrons. The summed E-state index contributed by atoms with van der Waals surface area (Å²) in [5.41, 5.74) is 1.20. The van der Waals surface area contributed by atoms with E-state index in [1.807, 2.05) is 11.0 Å². The van der Waals surface area contributed by atoms with Crippen LogP contribution in [0, 0.1) is 5.92 Å². The molecule has 0 aliphatic carbocycles. The SMILES string of the molecule is O=C(c1ccc(C(F)(F)F)cc1)N1CCCC(C(=O)N2CCC(c3nc4ccncc4[nH]3)CC2)C1. The monoisotopic (exact) mass is 485 g/mol. The molecule has 2 amide bonds. The molecule has 2 fully saturated rings. The van der Waals surface area contributed by atoms with Crippen molar-refractivity contribution in [2.45, 2.75) is 37.8 Å². The maximum absolute atomic E-state index is 13.2. The van der Waals surface area contributed by atoms with Crippen LogP contribution in [0.25, 0.3) is 11.0 Å². The number of nitrogens with one attached hydrogen (secondary N) is 1. The lowest BCUT2D eigenvalue weighted by molar-refractivity contribution is -0.138. The van der Waals surface area contributed by atoms with Crippen LogP contribution >= 0.6 is 0 Å². The van der Waals surface area contributed by atoms with Crippen molar-refractivity contribution in [2.24, 2.45) is 5.92 Å². The number of aromatic amines is 1. The summed E-state index contributed by atoms with van der Waals surface area (Å²) in [6.45, 7) is 2.03. The number of halogens is 3. The van der Waals surface area contributed by atoms with Gasteiger partial charge in [0.2, 0.25) is 5.91 Å². The van der Waals surface area contributed by atoms with Gasteiger partial charge < -0.3 is 14.8 Å². The van der Waals surface area contributed by atoms with Gasteiger partial charge in [-0.25, -0.2) is 4.98 Å². The molecule has 0 saturated carbocycles. The van der Waals surface area contributed by atoms with E-state index in [-0.39, 0.29) is 35.8 Å². The van der Waals surface area contributed by atoms with Crippen LogP contribution in [0.3, 0.4) is 0 Å². The molecule has 1 atom stereocenters. The number of carbonyl (C=O) groups is 2. The van der Waals surface area contributed by atoms with Crippen LogP contribution in [0.1, 0.15) is 53.3 Å². The Labute approximate surface area is 200 Å². The zero-order valence-electron chi connectivity index (χ0n) is 19.1. The third-order valence-electron chi connectivity index (χ3n) is 7.01. The molecule has 5 rings (SSSR count). The summed E-state index contributed by atoms with van der Waals surface area (Å²) in [5.74, 6) is 0.578. The van der Waals surface area contributed by atoms with Gasteiger partial charge in [-0.3, -0.25) is 14.6 Å². The van der Waals surface area contributed by atoms with Crippen molar-refractivity contribution in [3.63, 3.8) is 0 Å². The molecule has 2 aromatic heterocycles. The Bertz CT molecular complexity index is 1180. The second-order valence-electron chi connectivity index (χ2n) is 9.28. The molecule has 1 unspecified atom stereocenters. The number of pyridine rings is 1. The second-order valence-corrected chi connectivity index (χ2v) is 9.28. The van der Waals surface area contributed by atoms with Crippen molar-refractivity contribution < 1.29 is 22.8 Å². The molecule has 1 N–H and O–H groups in total. The highest BCUT2D eigenvalue weighted by atomic mass is 19.4. The van der Waals surface area contributed by atoms with E-state index in [0.29, 0.717) is 32.5 Å². The third kappa shape index (κ3) is 4.87. The molecular weight excluding hydrogens is 459 g/mol. The van der Waals surface area contributed by atoms with Crippen LogP contribution in [0.5, 0.6) is 0 Å². The fourth-order valence-electron chi connectivity index (χ4n) is 5.05. The molecule has 4 heterocycles. The lowest BCUT2D eigenvalue weighted by Gasteiger charge is -2.37. The number of amides is 2. The van der Waals surface area contributed by atoms with Gasteiger partial charge in [-0.1, -0.05) is 0 Å². The van der Waals surface area contributed by atoms with Crippen molar-refractivity contribution in [2.75, 3.05) is 26.2 Å². The largest absolute Gasteiger partial charge is 0.416 e. The first-order valence-electron chi connectivity index (χ1n) is 11.8. The van der Waals surface area contributed by atoms with Gasteiger partial charge in [0.25, 0.3) is 5.91 Å². The number of fused-ring (bicyclic) bond motifs is 1. The number of hydrogen-bond acceptors (Lipinski definition) is 4. The van der Waals surface area contributed by atoms with E-state index < -0.39 is 11.7 Å². The number of aromatic nitrogens is 3. The van der Waals surface area contributed by atoms with Crippen LogP contribution in [0.4, 0.5) is 13.2 Å². The summed E-state index contributed by atoms with van der Waals surface area (Å²) >= 11 is 0. The fourth-order valence-corrected chi connectivity index (χ4v) is 5.05. The van der Waals surface area contributed by atoms with Crippen molar-refractivity contribution in [1.29, 1.82) is 0 Å². The Morgan fingerprint density at radius 1 is 0.971 bits per heavy atom. The number of carbonyl (C=O) groups excluding carboxylic acids is 2. The lowest BCUT2D eigenvalue weighted by Crippen LogP contribution is -2.48. The Morgan fingerprint density at radius 2 is 1.71 bits per heavy atom. The van der Waals surface area contributed by atoms with Gasteiger partial charge in [-0.15, -0.1) is 0 Å². The third-order valence-corrected chi connectivity index (χ3v) is 7.01.